The number of carbonyl (C=O) groups excluding carboxylic acids is 3. The number of likely N-dealkylation sites (tertiary alicyclic amines) is 1. The number of hydrogen-bond acceptors (Lipinski definition) is 5. The van der Waals surface area contributed by atoms with Gasteiger partial charge in [-0.05, 0) is 50.4 Å². The van der Waals surface area contributed by atoms with Crippen LogP contribution in [0.25, 0.3) is 0 Å². The van der Waals surface area contributed by atoms with Crippen LogP contribution >= 0.6 is 0 Å². The van der Waals surface area contributed by atoms with Crippen molar-refractivity contribution < 1.29 is 23.9 Å². The molecule has 1 aliphatic carbocycles. The van der Waals surface area contributed by atoms with E-state index < -0.39 is 23.8 Å². The maximum atomic E-state index is 13.3. The summed E-state index contributed by atoms with van der Waals surface area (Å²) in [5.74, 6) is -0.403. The monoisotopic (exact) mass is 382 g/mol. The largest absolute Gasteiger partial charge is 0.467 e. The Hall–Kier alpha value is -1.79. The number of amides is 2. The van der Waals surface area contributed by atoms with E-state index in [2.05, 4.69) is 19.2 Å². The van der Waals surface area contributed by atoms with Crippen molar-refractivity contribution in [1.29, 1.82) is 0 Å². The lowest BCUT2D eigenvalue weighted by atomic mass is 9.55. The maximum absolute atomic E-state index is 13.3. The van der Waals surface area contributed by atoms with Crippen molar-refractivity contribution >= 4 is 18.0 Å². The Balaban J connectivity index is 2.21. The zero-order valence-electron chi connectivity index (χ0n) is 17.8. The minimum Gasteiger partial charge on any atom is -0.467 e. The lowest BCUT2D eigenvalue weighted by Gasteiger charge is -2.48. The molecule has 0 aromatic carbocycles. The summed E-state index contributed by atoms with van der Waals surface area (Å²) in [6, 6.07) is -1.36. The second kappa shape index (κ2) is 7.32. The highest BCUT2D eigenvalue weighted by Crippen LogP contribution is 2.57. The highest BCUT2D eigenvalue weighted by atomic mass is 16.6. The summed E-state index contributed by atoms with van der Waals surface area (Å²) in [6.45, 7) is 13.8. The van der Waals surface area contributed by atoms with E-state index in [1.165, 1.54) is 7.11 Å². The zero-order valence-corrected chi connectivity index (χ0v) is 17.8. The molecule has 2 rings (SSSR count). The number of ether oxygens (including phenoxy) is 2. The summed E-state index contributed by atoms with van der Waals surface area (Å²) in [7, 11) is 1.35. The molecule has 0 aromatic rings. The van der Waals surface area contributed by atoms with Gasteiger partial charge in [-0.15, -0.1) is 0 Å². The highest BCUT2D eigenvalue weighted by molar-refractivity contribution is 5.91. The van der Waals surface area contributed by atoms with Crippen molar-refractivity contribution in [2.75, 3.05) is 13.7 Å². The van der Waals surface area contributed by atoms with E-state index in [0.717, 1.165) is 6.42 Å². The Labute approximate surface area is 162 Å². The molecule has 0 aromatic heterocycles. The fraction of sp³-hybridized carbons (Fsp3) is 0.850. The van der Waals surface area contributed by atoms with E-state index in [1.807, 2.05) is 13.8 Å². The molecule has 7 heteroatoms. The lowest BCUT2D eigenvalue weighted by molar-refractivity contribution is -0.156. The third-order valence-corrected chi connectivity index (χ3v) is 5.64. The minimum atomic E-state index is -0.757. The molecule has 0 bridgehead atoms. The van der Waals surface area contributed by atoms with Crippen molar-refractivity contribution in [1.82, 2.24) is 10.2 Å². The number of fused-ring (bicyclic) bond motifs is 1. The normalized spacial score (nSPS) is 27.4. The molecule has 1 saturated heterocycles. The van der Waals surface area contributed by atoms with Gasteiger partial charge in [0.15, 0.2) is 0 Å². The quantitative estimate of drug-likeness (QED) is 0.756. The minimum absolute atomic E-state index is 0.00945. The van der Waals surface area contributed by atoms with Gasteiger partial charge in [-0.1, -0.05) is 27.7 Å². The molecule has 1 saturated carbocycles. The van der Waals surface area contributed by atoms with Gasteiger partial charge in [0.1, 0.15) is 17.7 Å². The fourth-order valence-electron chi connectivity index (χ4n) is 4.59. The molecule has 154 valence electrons. The van der Waals surface area contributed by atoms with Gasteiger partial charge in [-0.25, -0.2) is 9.59 Å². The third kappa shape index (κ3) is 4.38. The van der Waals surface area contributed by atoms with Gasteiger partial charge in [-0.3, -0.25) is 4.79 Å². The van der Waals surface area contributed by atoms with Crippen molar-refractivity contribution in [3.63, 3.8) is 0 Å². The number of methoxy groups -OCH3 is 1. The second-order valence-corrected chi connectivity index (χ2v) is 9.81. The number of nitrogens with zero attached hydrogens (tertiary/aromatic N) is 1. The van der Waals surface area contributed by atoms with Gasteiger partial charge in [0, 0.05) is 6.54 Å². The molecule has 7 nitrogen and oxygen atoms in total. The Bertz CT molecular complexity index is 608. The summed E-state index contributed by atoms with van der Waals surface area (Å²) in [4.78, 5) is 39.6. The van der Waals surface area contributed by atoms with E-state index in [9.17, 15) is 14.4 Å². The van der Waals surface area contributed by atoms with E-state index in [1.54, 1.807) is 25.7 Å². The van der Waals surface area contributed by atoms with Crippen LogP contribution in [-0.4, -0.2) is 54.2 Å². The van der Waals surface area contributed by atoms with E-state index in [-0.39, 0.29) is 29.1 Å². The van der Waals surface area contributed by atoms with E-state index in [0.29, 0.717) is 12.5 Å². The molecule has 27 heavy (non-hydrogen) atoms. The first-order valence-electron chi connectivity index (χ1n) is 9.66. The SMILES string of the molecule is COC(=O)C1C2C(CN1C(=O)C(NC(=O)OC(C)(C)C)C(C)C)CC2(C)C. The Morgan fingerprint density at radius 1 is 1.19 bits per heavy atom. The maximum Gasteiger partial charge on any atom is 0.408 e. The number of rotatable bonds is 4. The average molecular weight is 383 g/mol. The third-order valence-electron chi connectivity index (χ3n) is 5.64. The molecular formula is C20H34N2O5. The van der Waals surface area contributed by atoms with Crippen molar-refractivity contribution in [2.24, 2.45) is 23.2 Å². The molecule has 2 amide bonds. The van der Waals surface area contributed by atoms with Crippen LogP contribution in [0, 0.1) is 23.2 Å². The Morgan fingerprint density at radius 2 is 1.78 bits per heavy atom. The van der Waals surface area contributed by atoms with Crippen LogP contribution < -0.4 is 5.32 Å². The second-order valence-electron chi connectivity index (χ2n) is 9.81. The molecule has 0 radical (unpaired) electrons. The van der Waals surface area contributed by atoms with Crippen LogP contribution in [0.3, 0.4) is 0 Å². The molecule has 1 heterocycles. The molecule has 2 fully saturated rings. The number of nitrogens with one attached hydrogen (secondary N) is 1. The molecule has 1 aliphatic heterocycles. The van der Waals surface area contributed by atoms with E-state index in [4.69, 9.17) is 9.47 Å². The number of alkyl carbamates (subject to hydrolysis) is 1. The number of carbonyl (C=O) groups is 3. The smallest absolute Gasteiger partial charge is 0.408 e. The first kappa shape index (κ1) is 21.5. The predicted molar refractivity (Wildman–Crippen MR) is 101 cm³/mol. The van der Waals surface area contributed by atoms with Gasteiger partial charge in [0.05, 0.1) is 7.11 Å². The number of hydrogen-bond donors (Lipinski definition) is 1. The predicted octanol–water partition coefficient (Wildman–Crippen LogP) is 2.58. The standard InChI is InChI=1S/C20H34N2O5/c1-11(2)14(21-18(25)27-19(3,4)5)16(23)22-10-12-9-20(6,7)13(12)15(22)17(24)26-8/h11-15H,9-10H2,1-8H3,(H,21,25). The van der Waals surface area contributed by atoms with Crippen molar-refractivity contribution in [2.45, 2.75) is 72.6 Å². The molecular weight excluding hydrogens is 348 g/mol. The van der Waals surface area contributed by atoms with Gasteiger partial charge < -0.3 is 19.7 Å². The number of esters is 1. The highest BCUT2D eigenvalue weighted by Gasteiger charge is 2.61. The zero-order chi connectivity index (χ0) is 20.7. The first-order chi connectivity index (χ1) is 12.3. The van der Waals surface area contributed by atoms with Crippen LogP contribution in [0.2, 0.25) is 0 Å². The lowest BCUT2D eigenvalue weighted by Crippen LogP contribution is -2.56. The summed E-state index contributed by atoms with van der Waals surface area (Å²) >= 11 is 0. The van der Waals surface area contributed by atoms with Crippen molar-refractivity contribution in [3.05, 3.63) is 0 Å². The van der Waals surface area contributed by atoms with Crippen LogP contribution in [0.4, 0.5) is 4.79 Å². The van der Waals surface area contributed by atoms with Crippen LogP contribution in [-0.2, 0) is 19.1 Å². The molecule has 2 aliphatic rings. The summed E-state index contributed by atoms with van der Waals surface area (Å²) in [5.41, 5.74) is -0.662. The van der Waals surface area contributed by atoms with Crippen LogP contribution in [0.15, 0.2) is 0 Å². The first-order valence-corrected chi connectivity index (χ1v) is 9.66. The van der Waals surface area contributed by atoms with Crippen LogP contribution in [0.1, 0.15) is 54.9 Å². The van der Waals surface area contributed by atoms with Gasteiger partial charge >= 0.3 is 12.1 Å². The van der Waals surface area contributed by atoms with Gasteiger partial charge in [0.25, 0.3) is 0 Å². The summed E-state index contributed by atoms with van der Waals surface area (Å²) in [5, 5.41) is 2.69. The molecule has 0 spiro atoms. The molecule has 4 atom stereocenters. The van der Waals surface area contributed by atoms with E-state index >= 15 is 0 Å². The Morgan fingerprint density at radius 3 is 2.22 bits per heavy atom. The molecule has 4 unspecified atom stereocenters. The Kier molecular flexibility index (Phi) is 5.83. The van der Waals surface area contributed by atoms with Crippen molar-refractivity contribution in [3.8, 4) is 0 Å². The average Bonchev–Trinajstić information content (AvgIpc) is 2.84. The summed E-state index contributed by atoms with van der Waals surface area (Å²) < 4.78 is 10.3. The topological polar surface area (TPSA) is 84.9 Å². The summed E-state index contributed by atoms with van der Waals surface area (Å²) in [6.07, 6.45) is 0.340. The van der Waals surface area contributed by atoms with Crippen LogP contribution in [0.5, 0.6) is 0 Å². The van der Waals surface area contributed by atoms with Gasteiger partial charge in [0.2, 0.25) is 5.91 Å². The fourth-order valence-corrected chi connectivity index (χ4v) is 4.59. The van der Waals surface area contributed by atoms with Gasteiger partial charge in [-0.2, -0.15) is 0 Å². The molecule has 1 N–H and O–H groups in total.